The van der Waals surface area contributed by atoms with Gasteiger partial charge in [0.1, 0.15) is 24.1 Å². The largest absolute Gasteiger partial charge is 0.497 e. The number of carbonyl (C=O) groups excluding carboxylic acids is 1. The Morgan fingerprint density at radius 1 is 1.25 bits per heavy atom. The molecule has 0 fully saturated rings. The fourth-order valence-electron chi connectivity index (χ4n) is 2.81. The number of nitro groups is 1. The van der Waals surface area contributed by atoms with Crippen molar-refractivity contribution in [3.05, 3.63) is 76.4 Å². The smallest absolute Gasteiger partial charge is 0.295 e. The van der Waals surface area contributed by atoms with Crippen molar-refractivity contribution in [2.75, 3.05) is 14.2 Å². The van der Waals surface area contributed by atoms with Gasteiger partial charge < -0.3 is 9.64 Å². The van der Waals surface area contributed by atoms with Crippen LogP contribution >= 0.6 is 0 Å². The van der Waals surface area contributed by atoms with Crippen molar-refractivity contribution in [2.24, 2.45) is 0 Å². The van der Waals surface area contributed by atoms with Crippen molar-refractivity contribution in [1.29, 1.82) is 0 Å². The predicted molar refractivity (Wildman–Crippen MR) is 102 cm³/mol. The second-order valence-corrected chi connectivity index (χ2v) is 6.17. The number of methoxy groups -OCH3 is 1. The maximum absolute atomic E-state index is 12.9. The van der Waals surface area contributed by atoms with Crippen LogP contribution in [0.3, 0.4) is 0 Å². The number of benzene rings is 2. The van der Waals surface area contributed by atoms with Gasteiger partial charge in [-0.3, -0.25) is 14.9 Å². The van der Waals surface area contributed by atoms with E-state index in [9.17, 15) is 14.9 Å². The Bertz CT molecular complexity index is 986. The van der Waals surface area contributed by atoms with Gasteiger partial charge in [-0.05, 0) is 36.8 Å². The Balaban J connectivity index is 1.88. The monoisotopic (exact) mass is 381 g/mol. The highest BCUT2D eigenvalue weighted by molar-refractivity contribution is 5.95. The summed E-state index contributed by atoms with van der Waals surface area (Å²) in [6.45, 7) is 1.89. The topological polar surface area (TPSA) is 103 Å². The third kappa shape index (κ3) is 3.68. The van der Waals surface area contributed by atoms with Gasteiger partial charge >= 0.3 is 0 Å². The van der Waals surface area contributed by atoms with E-state index in [1.807, 2.05) is 31.2 Å². The third-order valence-electron chi connectivity index (χ3n) is 4.58. The van der Waals surface area contributed by atoms with Gasteiger partial charge in [0.25, 0.3) is 11.6 Å². The molecule has 144 valence electrons. The molecular weight excluding hydrogens is 362 g/mol. The van der Waals surface area contributed by atoms with Crippen LogP contribution in [0, 0.1) is 10.1 Å². The van der Waals surface area contributed by atoms with Crippen molar-refractivity contribution in [3.63, 3.8) is 0 Å². The molecule has 2 aromatic carbocycles. The maximum atomic E-state index is 12.9. The minimum absolute atomic E-state index is 0.221. The molecule has 0 aliphatic carbocycles. The molecule has 9 heteroatoms. The van der Waals surface area contributed by atoms with Gasteiger partial charge in [0.05, 0.1) is 18.1 Å². The molecule has 1 aromatic heterocycles. The summed E-state index contributed by atoms with van der Waals surface area (Å²) >= 11 is 0. The van der Waals surface area contributed by atoms with Crippen LogP contribution in [0.25, 0.3) is 5.69 Å². The van der Waals surface area contributed by atoms with Gasteiger partial charge in [-0.1, -0.05) is 12.1 Å². The first kappa shape index (κ1) is 19.0. The standard InChI is InChI=1S/C19H19N5O4/c1-13(14-4-7-16(28-3)8-5-14)22(2)19(25)15-6-9-17(18(10-15)24(26)27)23-12-20-11-21-23/h4-13H,1-3H3. The van der Waals surface area contributed by atoms with E-state index < -0.39 is 4.92 Å². The first-order chi connectivity index (χ1) is 13.4. The molecule has 3 aromatic rings. The highest BCUT2D eigenvalue weighted by atomic mass is 16.6. The van der Waals surface area contributed by atoms with E-state index in [0.717, 1.165) is 11.3 Å². The zero-order valence-corrected chi connectivity index (χ0v) is 15.6. The Hall–Kier alpha value is -3.75. The molecule has 0 spiro atoms. The number of carbonyl (C=O) groups is 1. The Labute approximate surface area is 161 Å². The van der Waals surface area contributed by atoms with E-state index in [1.54, 1.807) is 20.2 Å². The van der Waals surface area contributed by atoms with Crippen molar-refractivity contribution in [2.45, 2.75) is 13.0 Å². The zero-order valence-electron chi connectivity index (χ0n) is 15.6. The molecule has 3 rings (SSSR count). The molecule has 1 heterocycles. The summed E-state index contributed by atoms with van der Waals surface area (Å²) in [5.41, 5.74) is 1.16. The van der Waals surface area contributed by atoms with E-state index >= 15 is 0 Å². The van der Waals surface area contributed by atoms with Gasteiger partial charge in [0.15, 0.2) is 0 Å². The fraction of sp³-hybridized carbons (Fsp3) is 0.211. The molecule has 0 aliphatic rings. The highest BCUT2D eigenvalue weighted by Gasteiger charge is 2.23. The Kier molecular flexibility index (Phi) is 5.35. The lowest BCUT2D eigenvalue weighted by molar-refractivity contribution is -0.384. The van der Waals surface area contributed by atoms with E-state index in [-0.39, 0.29) is 28.9 Å². The number of nitrogens with zero attached hydrogens (tertiary/aromatic N) is 5. The maximum Gasteiger partial charge on any atom is 0.295 e. The van der Waals surface area contributed by atoms with Crippen molar-refractivity contribution in [3.8, 4) is 11.4 Å². The van der Waals surface area contributed by atoms with Crippen LogP contribution in [0.5, 0.6) is 5.75 Å². The number of amides is 1. The van der Waals surface area contributed by atoms with E-state index in [2.05, 4.69) is 10.1 Å². The average Bonchev–Trinajstić information content (AvgIpc) is 3.26. The van der Waals surface area contributed by atoms with E-state index in [0.29, 0.717) is 0 Å². The average molecular weight is 381 g/mol. The first-order valence-corrected chi connectivity index (χ1v) is 8.47. The molecule has 1 unspecified atom stereocenters. The van der Waals surface area contributed by atoms with Gasteiger partial charge in [0, 0.05) is 18.7 Å². The summed E-state index contributed by atoms with van der Waals surface area (Å²) < 4.78 is 6.44. The van der Waals surface area contributed by atoms with E-state index in [1.165, 1.54) is 34.4 Å². The number of hydrogen-bond acceptors (Lipinski definition) is 6. The molecule has 1 atom stereocenters. The van der Waals surface area contributed by atoms with Crippen LogP contribution in [0.1, 0.15) is 28.9 Å². The van der Waals surface area contributed by atoms with Crippen LogP contribution < -0.4 is 4.74 Å². The van der Waals surface area contributed by atoms with Gasteiger partial charge in [0.2, 0.25) is 0 Å². The van der Waals surface area contributed by atoms with Crippen molar-refractivity contribution < 1.29 is 14.5 Å². The second kappa shape index (κ2) is 7.87. The molecule has 0 saturated carbocycles. The molecule has 0 bridgehead atoms. The number of rotatable bonds is 6. The number of aromatic nitrogens is 3. The summed E-state index contributed by atoms with van der Waals surface area (Å²) in [7, 11) is 3.25. The Morgan fingerprint density at radius 2 is 1.96 bits per heavy atom. The zero-order chi connectivity index (χ0) is 20.3. The quantitative estimate of drug-likeness (QED) is 0.480. The summed E-state index contributed by atoms with van der Waals surface area (Å²) in [5, 5.41) is 15.4. The Morgan fingerprint density at radius 3 is 2.54 bits per heavy atom. The summed E-state index contributed by atoms with van der Waals surface area (Å²) in [6.07, 6.45) is 2.65. The SMILES string of the molecule is COc1ccc(C(C)N(C)C(=O)c2ccc(-n3cncn3)c([N+](=O)[O-])c2)cc1. The number of hydrogen-bond donors (Lipinski definition) is 0. The third-order valence-corrected chi connectivity index (χ3v) is 4.58. The van der Waals surface area contributed by atoms with Gasteiger partial charge in [-0.15, -0.1) is 0 Å². The normalized spacial score (nSPS) is 11.7. The number of ether oxygens (including phenoxy) is 1. The summed E-state index contributed by atoms with van der Waals surface area (Å²) in [5.74, 6) is 0.404. The lowest BCUT2D eigenvalue weighted by Crippen LogP contribution is -2.29. The highest BCUT2D eigenvalue weighted by Crippen LogP contribution is 2.27. The molecule has 0 N–H and O–H groups in total. The molecular formula is C19H19N5O4. The van der Waals surface area contributed by atoms with Crippen LogP contribution in [0.4, 0.5) is 5.69 Å². The molecule has 1 amide bonds. The van der Waals surface area contributed by atoms with Crippen LogP contribution in [-0.2, 0) is 0 Å². The first-order valence-electron chi connectivity index (χ1n) is 8.47. The molecule has 0 aliphatic heterocycles. The minimum atomic E-state index is -0.541. The molecule has 9 nitrogen and oxygen atoms in total. The van der Waals surface area contributed by atoms with Crippen molar-refractivity contribution in [1.82, 2.24) is 19.7 Å². The van der Waals surface area contributed by atoms with E-state index in [4.69, 9.17) is 4.74 Å². The molecule has 0 saturated heterocycles. The minimum Gasteiger partial charge on any atom is -0.497 e. The van der Waals surface area contributed by atoms with Crippen molar-refractivity contribution >= 4 is 11.6 Å². The van der Waals surface area contributed by atoms with Gasteiger partial charge in [-0.2, -0.15) is 5.10 Å². The van der Waals surface area contributed by atoms with Crippen LogP contribution in [0.2, 0.25) is 0 Å². The lowest BCUT2D eigenvalue weighted by atomic mass is 10.1. The summed E-state index contributed by atoms with van der Waals surface area (Å²) in [4.78, 5) is 29.2. The van der Waals surface area contributed by atoms with Crippen LogP contribution in [0.15, 0.2) is 55.1 Å². The summed E-state index contributed by atoms with van der Waals surface area (Å²) in [6, 6.07) is 11.5. The fourth-order valence-corrected chi connectivity index (χ4v) is 2.81. The molecule has 28 heavy (non-hydrogen) atoms. The van der Waals surface area contributed by atoms with Crippen LogP contribution in [-0.4, -0.2) is 44.7 Å². The molecule has 0 radical (unpaired) electrons. The lowest BCUT2D eigenvalue weighted by Gasteiger charge is -2.25. The predicted octanol–water partition coefficient (Wildman–Crippen LogP) is 3.02. The second-order valence-electron chi connectivity index (χ2n) is 6.17. The number of nitro benzene ring substituents is 1. The van der Waals surface area contributed by atoms with Gasteiger partial charge in [-0.25, -0.2) is 9.67 Å².